The predicted molar refractivity (Wildman–Crippen MR) is 115 cm³/mol. The highest BCUT2D eigenvalue weighted by Gasteiger charge is 2.14. The van der Waals surface area contributed by atoms with E-state index >= 15 is 0 Å². The van der Waals surface area contributed by atoms with Crippen LogP contribution < -0.4 is 10.6 Å². The van der Waals surface area contributed by atoms with Crippen molar-refractivity contribution in [2.45, 2.75) is 51.6 Å². The van der Waals surface area contributed by atoms with Crippen molar-refractivity contribution in [1.29, 1.82) is 0 Å². The monoisotopic (exact) mass is 465 g/mol. The molecule has 1 heterocycles. The Morgan fingerprint density at radius 1 is 1.38 bits per heavy atom. The average molecular weight is 465 g/mol. The Balaban J connectivity index is 0.00000288. The van der Waals surface area contributed by atoms with Gasteiger partial charge in [-0.3, -0.25) is 4.99 Å². The second-order valence-electron chi connectivity index (χ2n) is 6.40. The molecule has 4 nitrogen and oxygen atoms in total. The van der Waals surface area contributed by atoms with Crippen molar-refractivity contribution in [3.05, 3.63) is 22.4 Å². The van der Waals surface area contributed by atoms with Crippen LogP contribution in [0.1, 0.15) is 43.9 Å². The lowest BCUT2D eigenvalue weighted by molar-refractivity contribution is 0.0574. The van der Waals surface area contributed by atoms with Gasteiger partial charge in [0.05, 0.1) is 6.10 Å². The predicted octanol–water partition coefficient (Wildman–Crippen LogP) is 4.06. The highest BCUT2D eigenvalue weighted by atomic mass is 127. The summed E-state index contributed by atoms with van der Waals surface area (Å²) >= 11 is 1.83. The van der Waals surface area contributed by atoms with Crippen LogP contribution in [0.5, 0.6) is 0 Å². The molecular formula is C18H32IN3OS. The third-order valence-electron chi connectivity index (χ3n) is 4.24. The molecule has 6 heteroatoms. The quantitative estimate of drug-likeness (QED) is 0.250. The Hall–Kier alpha value is -0.340. The highest BCUT2D eigenvalue weighted by molar-refractivity contribution is 14.0. The van der Waals surface area contributed by atoms with E-state index in [1.165, 1.54) is 30.6 Å². The Morgan fingerprint density at radius 3 is 2.83 bits per heavy atom. The van der Waals surface area contributed by atoms with Crippen molar-refractivity contribution in [3.63, 3.8) is 0 Å². The summed E-state index contributed by atoms with van der Waals surface area (Å²) in [5, 5.41) is 8.93. The second kappa shape index (κ2) is 12.9. The Labute approximate surface area is 167 Å². The maximum atomic E-state index is 5.88. The zero-order chi connectivity index (χ0) is 16.3. The van der Waals surface area contributed by atoms with Gasteiger partial charge >= 0.3 is 0 Å². The van der Waals surface area contributed by atoms with E-state index in [1.807, 2.05) is 18.4 Å². The van der Waals surface area contributed by atoms with Crippen molar-refractivity contribution < 1.29 is 4.74 Å². The second-order valence-corrected chi connectivity index (χ2v) is 7.43. The number of aliphatic imine (C=N–C) groups is 1. The van der Waals surface area contributed by atoms with Gasteiger partial charge in [0.25, 0.3) is 0 Å². The molecule has 0 saturated heterocycles. The van der Waals surface area contributed by atoms with E-state index in [0.717, 1.165) is 38.5 Å². The van der Waals surface area contributed by atoms with Crippen molar-refractivity contribution in [3.8, 4) is 0 Å². The van der Waals surface area contributed by atoms with Crippen LogP contribution in [0.4, 0.5) is 0 Å². The fraction of sp³-hybridized carbons (Fsp3) is 0.722. The highest BCUT2D eigenvalue weighted by Crippen LogP contribution is 2.20. The van der Waals surface area contributed by atoms with E-state index in [0.29, 0.717) is 12.0 Å². The number of halogens is 1. The van der Waals surface area contributed by atoms with Crippen LogP contribution in [0.15, 0.2) is 22.5 Å². The number of nitrogens with zero attached hydrogens (tertiary/aromatic N) is 1. The minimum atomic E-state index is 0. The van der Waals surface area contributed by atoms with Crippen molar-refractivity contribution in [2.75, 3.05) is 26.7 Å². The van der Waals surface area contributed by atoms with Crippen LogP contribution >= 0.6 is 35.3 Å². The van der Waals surface area contributed by atoms with E-state index in [-0.39, 0.29) is 24.0 Å². The molecule has 0 bridgehead atoms. The molecular weight excluding hydrogens is 433 g/mol. The van der Waals surface area contributed by atoms with Crippen LogP contribution in [0, 0.1) is 5.92 Å². The van der Waals surface area contributed by atoms with Gasteiger partial charge in [-0.2, -0.15) is 0 Å². The molecule has 1 atom stereocenters. The SMILES string of the molecule is CN=C(NCCCOC1CCCC1)NCC(C)Cc1cccs1.I. The minimum absolute atomic E-state index is 0. The van der Waals surface area contributed by atoms with Gasteiger partial charge in [-0.15, -0.1) is 35.3 Å². The first-order valence-electron chi connectivity index (χ1n) is 8.86. The molecule has 0 spiro atoms. The molecule has 138 valence electrons. The summed E-state index contributed by atoms with van der Waals surface area (Å²) in [6.07, 6.45) is 7.84. The summed E-state index contributed by atoms with van der Waals surface area (Å²) < 4.78 is 5.88. The maximum absolute atomic E-state index is 5.88. The van der Waals surface area contributed by atoms with Gasteiger partial charge in [0, 0.05) is 31.6 Å². The van der Waals surface area contributed by atoms with Gasteiger partial charge in [0.15, 0.2) is 5.96 Å². The molecule has 1 saturated carbocycles. The number of ether oxygens (including phenoxy) is 1. The summed E-state index contributed by atoms with van der Waals surface area (Å²) in [4.78, 5) is 5.74. The summed E-state index contributed by atoms with van der Waals surface area (Å²) in [6.45, 7) is 4.97. The zero-order valence-electron chi connectivity index (χ0n) is 14.9. The number of guanidine groups is 1. The Morgan fingerprint density at radius 2 is 2.17 bits per heavy atom. The number of hydrogen-bond donors (Lipinski definition) is 2. The van der Waals surface area contributed by atoms with E-state index in [2.05, 4.69) is 40.1 Å². The van der Waals surface area contributed by atoms with Gasteiger partial charge in [0.1, 0.15) is 0 Å². The number of hydrogen-bond acceptors (Lipinski definition) is 3. The first kappa shape index (κ1) is 21.7. The summed E-state index contributed by atoms with van der Waals surface area (Å²) in [7, 11) is 1.83. The standard InChI is InChI=1S/C18H31N3OS.HI/c1-15(13-17-9-5-12-23-17)14-21-18(19-2)20-10-6-11-22-16-7-3-4-8-16;/h5,9,12,15-16H,3-4,6-8,10-11,13-14H2,1-2H3,(H2,19,20,21);1H. The van der Waals surface area contributed by atoms with Crippen LogP contribution in [0.2, 0.25) is 0 Å². The fourth-order valence-electron chi connectivity index (χ4n) is 2.92. The summed E-state index contributed by atoms with van der Waals surface area (Å²) in [5.74, 6) is 1.49. The third kappa shape index (κ3) is 8.67. The molecule has 2 rings (SSSR count). The lowest BCUT2D eigenvalue weighted by Gasteiger charge is -2.16. The maximum Gasteiger partial charge on any atom is 0.190 e. The number of thiophene rings is 1. The Bertz CT molecular complexity index is 447. The number of nitrogens with one attached hydrogen (secondary N) is 2. The van der Waals surface area contributed by atoms with Gasteiger partial charge in [0.2, 0.25) is 0 Å². The topological polar surface area (TPSA) is 45.7 Å². The Kier molecular flexibility index (Phi) is 11.7. The van der Waals surface area contributed by atoms with Gasteiger partial charge in [-0.05, 0) is 43.0 Å². The molecule has 1 fully saturated rings. The van der Waals surface area contributed by atoms with Gasteiger partial charge in [-0.1, -0.05) is 25.8 Å². The largest absolute Gasteiger partial charge is 0.378 e. The number of rotatable bonds is 9. The van der Waals surface area contributed by atoms with Crippen molar-refractivity contribution >= 4 is 41.3 Å². The van der Waals surface area contributed by atoms with Gasteiger partial charge < -0.3 is 15.4 Å². The van der Waals surface area contributed by atoms with Crippen LogP contribution in [-0.2, 0) is 11.2 Å². The molecule has 0 aromatic carbocycles. The van der Waals surface area contributed by atoms with Crippen LogP contribution in [-0.4, -0.2) is 38.8 Å². The van der Waals surface area contributed by atoms with E-state index in [9.17, 15) is 0 Å². The molecule has 1 aromatic rings. The average Bonchev–Trinajstić information content (AvgIpc) is 3.23. The summed E-state index contributed by atoms with van der Waals surface area (Å²) in [6, 6.07) is 4.33. The van der Waals surface area contributed by atoms with Crippen LogP contribution in [0.3, 0.4) is 0 Å². The normalized spacial score (nSPS) is 16.7. The van der Waals surface area contributed by atoms with E-state index < -0.39 is 0 Å². The lowest BCUT2D eigenvalue weighted by Crippen LogP contribution is -2.40. The van der Waals surface area contributed by atoms with Gasteiger partial charge in [-0.25, -0.2) is 0 Å². The van der Waals surface area contributed by atoms with E-state index in [1.54, 1.807) is 0 Å². The van der Waals surface area contributed by atoms with Crippen molar-refractivity contribution in [2.24, 2.45) is 10.9 Å². The molecule has 24 heavy (non-hydrogen) atoms. The van der Waals surface area contributed by atoms with Crippen LogP contribution in [0.25, 0.3) is 0 Å². The molecule has 1 aliphatic rings. The molecule has 1 unspecified atom stereocenters. The summed E-state index contributed by atoms with van der Waals surface area (Å²) in [5.41, 5.74) is 0. The lowest BCUT2D eigenvalue weighted by atomic mass is 10.1. The molecule has 0 aliphatic heterocycles. The van der Waals surface area contributed by atoms with Crippen molar-refractivity contribution in [1.82, 2.24) is 10.6 Å². The molecule has 1 aromatic heterocycles. The minimum Gasteiger partial charge on any atom is -0.378 e. The zero-order valence-corrected chi connectivity index (χ0v) is 18.1. The smallest absolute Gasteiger partial charge is 0.190 e. The first-order chi connectivity index (χ1) is 11.3. The molecule has 0 radical (unpaired) electrons. The fourth-order valence-corrected chi connectivity index (χ4v) is 3.79. The van der Waals surface area contributed by atoms with E-state index in [4.69, 9.17) is 4.74 Å². The molecule has 1 aliphatic carbocycles. The molecule has 0 amide bonds. The molecule has 2 N–H and O–H groups in total. The first-order valence-corrected chi connectivity index (χ1v) is 9.74. The third-order valence-corrected chi connectivity index (χ3v) is 5.14.